The van der Waals surface area contributed by atoms with Gasteiger partial charge in [-0.3, -0.25) is 0 Å². The van der Waals surface area contributed by atoms with Crippen molar-refractivity contribution in [2.24, 2.45) is 11.7 Å². The van der Waals surface area contributed by atoms with E-state index >= 15 is 0 Å². The van der Waals surface area contributed by atoms with Crippen molar-refractivity contribution in [1.82, 2.24) is 0 Å². The highest BCUT2D eigenvalue weighted by atomic mass is 79.9. The van der Waals surface area contributed by atoms with Crippen LogP contribution in [-0.2, 0) is 0 Å². The van der Waals surface area contributed by atoms with E-state index in [2.05, 4.69) is 35.0 Å². The van der Waals surface area contributed by atoms with Crippen molar-refractivity contribution in [3.63, 3.8) is 0 Å². The number of halogens is 1. The molecule has 2 rings (SSSR count). The maximum atomic E-state index is 6.16. The summed E-state index contributed by atoms with van der Waals surface area (Å²) in [4.78, 5) is 0. The van der Waals surface area contributed by atoms with E-state index in [-0.39, 0.29) is 6.04 Å². The monoisotopic (exact) mass is 283 g/mol. The number of benzene rings is 1. The largest absolute Gasteiger partial charge is 0.492 e. The second-order valence-electron chi connectivity index (χ2n) is 4.40. The van der Waals surface area contributed by atoms with Gasteiger partial charge in [-0.2, -0.15) is 0 Å². The van der Waals surface area contributed by atoms with Crippen molar-refractivity contribution < 1.29 is 4.74 Å². The summed E-state index contributed by atoms with van der Waals surface area (Å²) in [7, 11) is 0. The predicted octanol–water partition coefficient (Wildman–Crippen LogP) is 3.65. The van der Waals surface area contributed by atoms with Gasteiger partial charge in [-0.15, -0.1) is 0 Å². The molecule has 2 N–H and O–H groups in total. The summed E-state index contributed by atoms with van der Waals surface area (Å²) in [5.41, 5.74) is 7.36. The quantitative estimate of drug-likeness (QED) is 0.895. The summed E-state index contributed by atoms with van der Waals surface area (Å²) in [5.74, 6) is 1.60. The summed E-state index contributed by atoms with van der Waals surface area (Å²) < 4.78 is 6.62. The Morgan fingerprint density at radius 1 is 1.50 bits per heavy atom. The average molecular weight is 284 g/mol. The zero-order chi connectivity index (χ0) is 11.5. The van der Waals surface area contributed by atoms with E-state index in [9.17, 15) is 0 Å². The van der Waals surface area contributed by atoms with Crippen LogP contribution >= 0.6 is 15.9 Å². The van der Waals surface area contributed by atoms with Gasteiger partial charge in [-0.05, 0) is 58.8 Å². The third-order valence-electron chi connectivity index (χ3n) is 2.93. The van der Waals surface area contributed by atoms with E-state index in [1.54, 1.807) is 0 Å². The first-order valence-electron chi connectivity index (χ1n) is 5.90. The molecule has 0 aromatic heterocycles. The number of rotatable bonds is 5. The Bertz CT molecular complexity index is 363. The van der Waals surface area contributed by atoms with Crippen LogP contribution in [0.15, 0.2) is 22.7 Å². The van der Waals surface area contributed by atoms with E-state index in [0.29, 0.717) is 5.92 Å². The Labute approximate surface area is 105 Å². The highest BCUT2D eigenvalue weighted by molar-refractivity contribution is 9.10. The van der Waals surface area contributed by atoms with E-state index in [1.807, 2.05) is 6.07 Å². The van der Waals surface area contributed by atoms with Gasteiger partial charge in [0, 0.05) is 6.04 Å². The molecule has 0 amide bonds. The minimum Gasteiger partial charge on any atom is -0.492 e. The third-order valence-corrected chi connectivity index (χ3v) is 3.55. The first kappa shape index (κ1) is 11.9. The molecule has 1 saturated carbocycles. The molecule has 0 saturated heterocycles. The van der Waals surface area contributed by atoms with Crippen LogP contribution in [0.3, 0.4) is 0 Å². The second kappa shape index (κ2) is 5.19. The lowest BCUT2D eigenvalue weighted by Crippen LogP contribution is -2.12. The molecule has 0 radical (unpaired) electrons. The summed E-state index contributed by atoms with van der Waals surface area (Å²) >= 11 is 3.53. The van der Waals surface area contributed by atoms with Crippen molar-refractivity contribution in [2.75, 3.05) is 6.61 Å². The fourth-order valence-electron chi connectivity index (χ4n) is 1.78. The zero-order valence-corrected chi connectivity index (χ0v) is 11.2. The topological polar surface area (TPSA) is 35.2 Å². The zero-order valence-electron chi connectivity index (χ0n) is 9.58. The molecule has 0 spiro atoms. The molecule has 1 aliphatic rings. The molecular formula is C13H18BrNO. The number of nitrogens with two attached hydrogens (primary N) is 1. The van der Waals surface area contributed by atoms with Crippen LogP contribution in [0.2, 0.25) is 0 Å². The number of ether oxygens (including phenoxy) is 1. The molecule has 3 heteroatoms. The molecule has 88 valence electrons. The summed E-state index contributed by atoms with van der Waals surface area (Å²) in [5, 5.41) is 0. The lowest BCUT2D eigenvalue weighted by molar-refractivity contribution is 0.315. The molecule has 1 atom stereocenters. The van der Waals surface area contributed by atoms with Gasteiger partial charge in [-0.1, -0.05) is 13.0 Å². The smallest absolute Gasteiger partial charge is 0.133 e. The number of hydrogen-bond acceptors (Lipinski definition) is 2. The van der Waals surface area contributed by atoms with Gasteiger partial charge in [-0.25, -0.2) is 0 Å². The van der Waals surface area contributed by atoms with E-state index < -0.39 is 0 Å². The lowest BCUT2D eigenvalue weighted by Gasteiger charge is -2.13. The van der Waals surface area contributed by atoms with Crippen LogP contribution < -0.4 is 10.5 Å². The van der Waals surface area contributed by atoms with Crippen molar-refractivity contribution in [3.05, 3.63) is 28.2 Å². The van der Waals surface area contributed by atoms with Gasteiger partial charge >= 0.3 is 0 Å². The third kappa shape index (κ3) is 2.77. The van der Waals surface area contributed by atoms with Crippen LogP contribution in [0.4, 0.5) is 0 Å². The Morgan fingerprint density at radius 2 is 2.25 bits per heavy atom. The maximum Gasteiger partial charge on any atom is 0.133 e. The molecule has 0 heterocycles. The highest BCUT2D eigenvalue weighted by Crippen LogP contribution is 2.40. The van der Waals surface area contributed by atoms with Crippen LogP contribution in [0.1, 0.15) is 37.8 Å². The molecule has 16 heavy (non-hydrogen) atoms. The molecule has 0 aliphatic heterocycles. The molecular weight excluding hydrogens is 266 g/mol. The minimum absolute atomic E-state index is 0.191. The van der Waals surface area contributed by atoms with Gasteiger partial charge in [0.15, 0.2) is 0 Å². The average Bonchev–Trinajstić information content (AvgIpc) is 3.10. The second-order valence-corrected chi connectivity index (χ2v) is 5.26. The molecule has 1 aliphatic carbocycles. The normalized spacial score (nSPS) is 17.2. The number of hydrogen-bond donors (Lipinski definition) is 1. The van der Waals surface area contributed by atoms with Crippen LogP contribution in [0.25, 0.3) is 0 Å². The van der Waals surface area contributed by atoms with Crippen molar-refractivity contribution in [1.29, 1.82) is 0 Å². The standard InChI is InChI=1S/C13H18BrNO/c1-2-7-16-12-6-5-10(8-11(12)14)13(15)9-3-4-9/h5-6,8-9,13H,2-4,7,15H2,1H3/t13-/m0/s1. The van der Waals surface area contributed by atoms with E-state index in [4.69, 9.17) is 10.5 Å². The van der Waals surface area contributed by atoms with Crippen LogP contribution in [-0.4, -0.2) is 6.61 Å². The van der Waals surface area contributed by atoms with Crippen LogP contribution in [0.5, 0.6) is 5.75 Å². The fraction of sp³-hybridized carbons (Fsp3) is 0.538. The van der Waals surface area contributed by atoms with Gasteiger partial charge in [0.2, 0.25) is 0 Å². The SMILES string of the molecule is CCCOc1ccc([C@@H](N)C2CC2)cc1Br. The van der Waals surface area contributed by atoms with Gasteiger partial charge in [0.1, 0.15) is 5.75 Å². The van der Waals surface area contributed by atoms with Crippen molar-refractivity contribution in [3.8, 4) is 5.75 Å². The lowest BCUT2D eigenvalue weighted by atomic mass is 10.0. The minimum atomic E-state index is 0.191. The highest BCUT2D eigenvalue weighted by Gasteiger charge is 2.29. The molecule has 0 bridgehead atoms. The molecule has 1 aromatic rings. The molecule has 1 aromatic carbocycles. The van der Waals surface area contributed by atoms with Gasteiger partial charge in [0.05, 0.1) is 11.1 Å². The molecule has 2 nitrogen and oxygen atoms in total. The Morgan fingerprint density at radius 3 is 2.81 bits per heavy atom. The summed E-state index contributed by atoms with van der Waals surface area (Å²) in [6.07, 6.45) is 3.57. The molecule has 1 fully saturated rings. The fourth-order valence-corrected chi connectivity index (χ4v) is 2.29. The Balaban J connectivity index is 2.08. The van der Waals surface area contributed by atoms with E-state index in [1.165, 1.54) is 18.4 Å². The van der Waals surface area contributed by atoms with Crippen LogP contribution in [0, 0.1) is 5.92 Å². The Kier molecular flexibility index (Phi) is 3.87. The summed E-state index contributed by atoms with van der Waals surface area (Å²) in [6.45, 7) is 2.86. The van der Waals surface area contributed by atoms with Gasteiger partial charge in [0.25, 0.3) is 0 Å². The molecule has 0 unspecified atom stereocenters. The Hall–Kier alpha value is -0.540. The maximum absolute atomic E-state index is 6.16. The van der Waals surface area contributed by atoms with Crippen molar-refractivity contribution in [2.45, 2.75) is 32.2 Å². The predicted molar refractivity (Wildman–Crippen MR) is 69.6 cm³/mol. The van der Waals surface area contributed by atoms with Gasteiger partial charge < -0.3 is 10.5 Å². The first-order valence-corrected chi connectivity index (χ1v) is 6.69. The summed E-state index contributed by atoms with van der Waals surface area (Å²) in [6, 6.07) is 6.38. The van der Waals surface area contributed by atoms with E-state index in [0.717, 1.165) is 23.2 Å². The first-order chi connectivity index (χ1) is 7.72. The van der Waals surface area contributed by atoms with Crippen molar-refractivity contribution >= 4 is 15.9 Å².